The van der Waals surface area contributed by atoms with Crippen LogP contribution in [0, 0.1) is 11.8 Å². The van der Waals surface area contributed by atoms with E-state index in [9.17, 15) is 0 Å². The van der Waals surface area contributed by atoms with Gasteiger partial charge < -0.3 is 0 Å². The summed E-state index contributed by atoms with van der Waals surface area (Å²) in [5.74, 6) is 1.85. The number of rotatable bonds is 3. The molecule has 0 aromatic carbocycles. The van der Waals surface area contributed by atoms with E-state index in [-0.39, 0.29) is 0 Å². The standard InChI is InChI=1S/C17H28/c1-2-3-10-15-13-14-16-11-8-6-4-5-7-9-12-17(15)16/h7,9,12,15-16H,2-6,8,10-11,13-14H2,1H3. The second-order valence-corrected chi connectivity index (χ2v) is 5.85. The Labute approximate surface area is 107 Å². The summed E-state index contributed by atoms with van der Waals surface area (Å²) in [5, 5.41) is 0. The van der Waals surface area contributed by atoms with Crippen LogP contribution < -0.4 is 0 Å². The van der Waals surface area contributed by atoms with Gasteiger partial charge in [0.05, 0.1) is 0 Å². The number of allylic oxidation sites excluding steroid dienone is 4. The van der Waals surface area contributed by atoms with Crippen molar-refractivity contribution in [2.45, 2.75) is 71.1 Å². The fourth-order valence-corrected chi connectivity index (χ4v) is 3.52. The quantitative estimate of drug-likeness (QED) is 0.590. The van der Waals surface area contributed by atoms with Crippen molar-refractivity contribution in [2.75, 3.05) is 0 Å². The molecule has 0 aromatic heterocycles. The van der Waals surface area contributed by atoms with Gasteiger partial charge in [-0.2, -0.15) is 0 Å². The Morgan fingerprint density at radius 1 is 1.12 bits per heavy atom. The molecule has 17 heavy (non-hydrogen) atoms. The third-order valence-corrected chi connectivity index (χ3v) is 4.56. The lowest BCUT2D eigenvalue weighted by molar-refractivity contribution is 0.519. The van der Waals surface area contributed by atoms with E-state index in [1.807, 2.05) is 0 Å². The number of fused-ring (bicyclic) bond motifs is 1. The maximum Gasteiger partial charge on any atom is -0.0197 e. The van der Waals surface area contributed by atoms with Crippen LogP contribution in [0.15, 0.2) is 23.8 Å². The highest BCUT2D eigenvalue weighted by Crippen LogP contribution is 2.42. The molecule has 0 heterocycles. The Kier molecular flexibility index (Phi) is 5.35. The molecule has 0 radical (unpaired) electrons. The first-order chi connectivity index (χ1) is 8.42. The van der Waals surface area contributed by atoms with Crippen molar-refractivity contribution in [3.63, 3.8) is 0 Å². The van der Waals surface area contributed by atoms with Crippen LogP contribution in [-0.4, -0.2) is 0 Å². The molecule has 1 saturated carbocycles. The molecule has 2 aliphatic carbocycles. The minimum atomic E-state index is 0.920. The third-order valence-electron chi connectivity index (χ3n) is 4.56. The summed E-state index contributed by atoms with van der Waals surface area (Å²) < 4.78 is 0. The van der Waals surface area contributed by atoms with E-state index < -0.39 is 0 Å². The minimum Gasteiger partial charge on any atom is -0.0845 e. The molecule has 2 rings (SSSR count). The van der Waals surface area contributed by atoms with Crippen LogP contribution in [0.2, 0.25) is 0 Å². The van der Waals surface area contributed by atoms with Gasteiger partial charge in [0.1, 0.15) is 0 Å². The molecule has 2 atom stereocenters. The molecule has 0 saturated heterocycles. The molecule has 0 bridgehead atoms. The van der Waals surface area contributed by atoms with Gasteiger partial charge in [0, 0.05) is 0 Å². The lowest BCUT2D eigenvalue weighted by Crippen LogP contribution is -2.03. The Morgan fingerprint density at radius 3 is 2.94 bits per heavy atom. The minimum absolute atomic E-state index is 0.920. The van der Waals surface area contributed by atoms with Crippen molar-refractivity contribution in [3.8, 4) is 0 Å². The Morgan fingerprint density at radius 2 is 2.06 bits per heavy atom. The van der Waals surface area contributed by atoms with Crippen molar-refractivity contribution in [2.24, 2.45) is 11.8 Å². The Hall–Kier alpha value is -0.520. The predicted octanol–water partition coefficient (Wildman–Crippen LogP) is 5.65. The zero-order valence-corrected chi connectivity index (χ0v) is 11.5. The molecule has 0 spiro atoms. The van der Waals surface area contributed by atoms with Crippen molar-refractivity contribution < 1.29 is 0 Å². The highest BCUT2D eigenvalue weighted by Gasteiger charge is 2.28. The van der Waals surface area contributed by atoms with E-state index in [0.29, 0.717) is 0 Å². The second-order valence-electron chi connectivity index (χ2n) is 5.85. The SMILES string of the molecule is CCCCC1CCC2CCCCCC=CC=C12. The van der Waals surface area contributed by atoms with Gasteiger partial charge in [-0.25, -0.2) is 0 Å². The lowest BCUT2D eigenvalue weighted by atomic mass is 9.88. The van der Waals surface area contributed by atoms with Crippen LogP contribution in [0.25, 0.3) is 0 Å². The molecule has 1 fully saturated rings. The molecule has 2 aliphatic rings. The van der Waals surface area contributed by atoms with Gasteiger partial charge >= 0.3 is 0 Å². The zero-order valence-electron chi connectivity index (χ0n) is 11.5. The maximum absolute atomic E-state index is 2.48. The van der Waals surface area contributed by atoms with E-state index in [0.717, 1.165) is 11.8 Å². The van der Waals surface area contributed by atoms with Gasteiger partial charge in [0.15, 0.2) is 0 Å². The average Bonchev–Trinajstić information content (AvgIpc) is 2.74. The molecule has 2 unspecified atom stereocenters. The summed E-state index contributed by atoms with van der Waals surface area (Å²) in [7, 11) is 0. The molecule has 0 heteroatoms. The van der Waals surface area contributed by atoms with Crippen LogP contribution >= 0.6 is 0 Å². The van der Waals surface area contributed by atoms with Crippen LogP contribution in [0.5, 0.6) is 0 Å². The molecular weight excluding hydrogens is 204 g/mol. The summed E-state index contributed by atoms with van der Waals surface area (Å²) >= 11 is 0. The van der Waals surface area contributed by atoms with Gasteiger partial charge in [-0.05, 0) is 50.4 Å². The highest BCUT2D eigenvalue weighted by atomic mass is 14.3. The van der Waals surface area contributed by atoms with E-state index in [4.69, 9.17) is 0 Å². The van der Waals surface area contributed by atoms with Crippen LogP contribution in [-0.2, 0) is 0 Å². The third kappa shape index (κ3) is 3.72. The van der Waals surface area contributed by atoms with Crippen molar-refractivity contribution in [3.05, 3.63) is 23.8 Å². The summed E-state index contributed by atoms with van der Waals surface area (Å²) in [6.07, 6.45) is 21.4. The highest BCUT2D eigenvalue weighted by molar-refractivity contribution is 5.21. The molecular formula is C17H28. The molecule has 0 amide bonds. The summed E-state index contributed by atoms with van der Waals surface area (Å²) in [5.41, 5.74) is 1.80. The monoisotopic (exact) mass is 232 g/mol. The number of unbranched alkanes of at least 4 members (excludes halogenated alkanes) is 1. The number of hydrogen-bond acceptors (Lipinski definition) is 0. The second kappa shape index (κ2) is 7.03. The van der Waals surface area contributed by atoms with Gasteiger partial charge in [-0.3, -0.25) is 0 Å². The number of hydrogen-bond donors (Lipinski definition) is 0. The first-order valence-electron chi connectivity index (χ1n) is 7.78. The fraction of sp³-hybridized carbons (Fsp3) is 0.765. The average molecular weight is 232 g/mol. The molecule has 0 nitrogen and oxygen atoms in total. The summed E-state index contributed by atoms with van der Waals surface area (Å²) in [4.78, 5) is 0. The van der Waals surface area contributed by atoms with Crippen molar-refractivity contribution >= 4 is 0 Å². The normalized spacial score (nSPS) is 29.8. The van der Waals surface area contributed by atoms with E-state index in [1.165, 1.54) is 64.2 Å². The Bertz CT molecular complexity index is 272. The van der Waals surface area contributed by atoms with Crippen molar-refractivity contribution in [1.82, 2.24) is 0 Å². The largest absolute Gasteiger partial charge is 0.0845 e. The first-order valence-corrected chi connectivity index (χ1v) is 7.78. The van der Waals surface area contributed by atoms with E-state index in [1.54, 1.807) is 5.57 Å². The van der Waals surface area contributed by atoms with Crippen LogP contribution in [0.3, 0.4) is 0 Å². The lowest BCUT2D eigenvalue weighted by Gasteiger charge is -2.17. The Balaban J connectivity index is 2.02. The predicted molar refractivity (Wildman–Crippen MR) is 76.0 cm³/mol. The van der Waals surface area contributed by atoms with Crippen LogP contribution in [0.1, 0.15) is 71.1 Å². The van der Waals surface area contributed by atoms with Crippen LogP contribution in [0.4, 0.5) is 0 Å². The zero-order chi connectivity index (χ0) is 11.9. The summed E-state index contributed by atoms with van der Waals surface area (Å²) in [6, 6.07) is 0. The topological polar surface area (TPSA) is 0 Å². The summed E-state index contributed by atoms with van der Waals surface area (Å²) in [6.45, 7) is 2.31. The van der Waals surface area contributed by atoms with Gasteiger partial charge in [0.2, 0.25) is 0 Å². The van der Waals surface area contributed by atoms with Gasteiger partial charge in [-0.15, -0.1) is 0 Å². The maximum atomic E-state index is 2.48. The molecule has 0 N–H and O–H groups in total. The smallest absolute Gasteiger partial charge is 0.0197 e. The molecule has 96 valence electrons. The van der Waals surface area contributed by atoms with E-state index >= 15 is 0 Å². The first kappa shape index (κ1) is 12.9. The van der Waals surface area contributed by atoms with E-state index in [2.05, 4.69) is 25.2 Å². The molecule has 0 aliphatic heterocycles. The molecule has 0 aromatic rings. The fourth-order valence-electron chi connectivity index (χ4n) is 3.52. The van der Waals surface area contributed by atoms with Crippen molar-refractivity contribution in [1.29, 1.82) is 0 Å². The van der Waals surface area contributed by atoms with Gasteiger partial charge in [0.25, 0.3) is 0 Å². The van der Waals surface area contributed by atoms with Gasteiger partial charge in [-0.1, -0.05) is 56.4 Å².